The van der Waals surface area contributed by atoms with Crippen LogP contribution in [-0.2, 0) is 4.79 Å². The molecule has 6 atom stereocenters. The number of benzene rings is 1. The predicted molar refractivity (Wildman–Crippen MR) is 126 cm³/mol. The first-order valence-corrected chi connectivity index (χ1v) is 12.4. The van der Waals surface area contributed by atoms with E-state index in [1.807, 2.05) is 0 Å². The van der Waals surface area contributed by atoms with Crippen LogP contribution in [0.1, 0.15) is 68.6 Å². The monoisotopic (exact) mass is 450 g/mol. The third-order valence-corrected chi connectivity index (χ3v) is 9.31. The lowest BCUT2D eigenvalue weighted by atomic mass is 9.51. The summed E-state index contributed by atoms with van der Waals surface area (Å²) < 4.78 is 0. The summed E-state index contributed by atoms with van der Waals surface area (Å²) in [5, 5.41) is 23.7. The Hall–Kier alpha value is -2.47. The van der Waals surface area contributed by atoms with Gasteiger partial charge in [0.05, 0.1) is 11.3 Å². The minimum Gasteiger partial charge on any atom is -0.507 e. The number of aromatic hydroxyl groups is 1. The van der Waals surface area contributed by atoms with Crippen LogP contribution < -0.4 is 5.43 Å². The molecule has 0 heterocycles. The number of fused-ring (bicyclic) bond motifs is 5. The number of Topliss-reactive ketones (excluding diaryl/α,β-unsaturated/α-hetero) is 1. The lowest BCUT2D eigenvalue weighted by molar-refractivity contribution is -0.131. The van der Waals surface area contributed by atoms with Crippen molar-refractivity contribution < 1.29 is 19.8 Å². The fraction of sp³-hybridized carbons (Fsp3) is 0.593. The van der Waals surface area contributed by atoms with Crippen LogP contribution in [0.15, 0.2) is 41.0 Å². The third kappa shape index (κ3) is 3.82. The summed E-state index contributed by atoms with van der Waals surface area (Å²) in [7, 11) is 0. The second kappa shape index (κ2) is 8.71. The SMILES string of the molecule is C[C@]12CC[C@H]3[C@@H](CCC4=C/C(=N\NC(=O)c5ccccc5O)CC[C@@H]43)[C@@H]1CCC2C(=O)CO. The van der Waals surface area contributed by atoms with Gasteiger partial charge in [0.2, 0.25) is 0 Å². The summed E-state index contributed by atoms with van der Waals surface area (Å²) in [6.07, 6.45) is 10.6. The number of carbonyl (C=O) groups excluding carboxylic acids is 2. The van der Waals surface area contributed by atoms with Crippen LogP contribution in [0, 0.1) is 35.0 Å². The highest BCUT2D eigenvalue weighted by atomic mass is 16.3. The second-order valence-corrected chi connectivity index (χ2v) is 10.7. The van der Waals surface area contributed by atoms with Gasteiger partial charge >= 0.3 is 0 Å². The first kappa shape index (κ1) is 22.3. The Morgan fingerprint density at radius 2 is 1.91 bits per heavy atom. The lowest BCUT2D eigenvalue weighted by Gasteiger charge is -2.54. The second-order valence-electron chi connectivity index (χ2n) is 10.7. The smallest absolute Gasteiger partial charge is 0.275 e. The van der Waals surface area contributed by atoms with E-state index in [0.29, 0.717) is 23.7 Å². The number of phenols is 1. The van der Waals surface area contributed by atoms with Crippen LogP contribution in [0.5, 0.6) is 5.75 Å². The average Bonchev–Trinajstić information content (AvgIpc) is 3.19. The molecule has 0 bridgehead atoms. The molecule has 0 saturated heterocycles. The summed E-state index contributed by atoms with van der Waals surface area (Å²) in [6.45, 7) is 1.99. The molecule has 3 fully saturated rings. The Bertz CT molecular complexity index is 1020. The highest BCUT2D eigenvalue weighted by Crippen LogP contribution is 2.63. The number of para-hydroxylation sites is 1. The fourth-order valence-electron chi connectivity index (χ4n) is 7.77. The van der Waals surface area contributed by atoms with E-state index in [1.165, 1.54) is 11.6 Å². The number of aliphatic hydroxyl groups excluding tert-OH is 1. The Morgan fingerprint density at radius 1 is 1.09 bits per heavy atom. The first-order valence-electron chi connectivity index (χ1n) is 12.4. The number of aliphatic hydroxyl groups is 1. The number of nitrogens with zero attached hydrogens (tertiary/aromatic N) is 1. The predicted octanol–water partition coefficient (Wildman–Crippen LogP) is 4.23. The van der Waals surface area contributed by atoms with Crippen LogP contribution in [0.25, 0.3) is 0 Å². The summed E-state index contributed by atoms with van der Waals surface area (Å²) in [5.41, 5.74) is 5.25. The number of hydrogen-bond acceptors (Lipinski definition) is 5. The molecule has 4 aliphatic carbocycles. The molecule has 3 N–H and O–H groups in total. The highest BCUT2D eigenvalue weighted by molar-refractivity contribution is 6.00. The zero-order valence-electron chi connectivity index (χ0n) is 19.3. The number of nitrogens with one attached hydrogen (secondary N) is 1. The highest BCUT2D eigenvalue weighted by Gasteiger charge is 2.57. The Kier molecular flexibility index (Phi) is 5.89. The van der Waals surface area contributed by atoms with E-state index in [2.05, 4.69) is 23.5 Å². The lowest BCUT2D eigenvalue weighted by Crippen LogP contribution is -2.47. The fourth-order valence-corrected chi connectivity index (χ4v) is 7.77. The Morgan fingerprint density at radius 3 is 2.70 bits per heavy atom. The molecule has 5 rings (SSSR count). The van der Waals surface area contributed by atoms with E-state index < -0.39 is 5.91 Å². The van der Waals surface area contributed by atoms with Gasteiger partial charge in [-0.05, 0) is 98.7 Å². The number of carbonyl (C=O) groups is 2. The molecule has 0 aliphatic heterocycles. The molecule has 1 aromatic rings. The van der Waals surface area contributed by atoms with Gasteiger partial charge in [0.15, 0.2) is 5.78 Å². The van der Waals surface area contributed by atoms with Crippen LogP contribution in [-0.4, -0.2) is 34.2 Å². The molecular weight excluding hydrogens is 416 g/mol. The number of hydrogen-bond donors (Lipinski definition) is 3. The number of phenolic OH excluding ortho intramolecular Hbond substituents is 1. The first-order chi connectivity index (χ1) is 15.9. The van der Waals surface area contributed by atoms with Gasteiger partial charge < -0.3 is 10.2 Å². The molecule has 0 spiro atoms. The van der Waals surface area contributed by atoms with Crippen molar-refractivity contribution in [3.05, 3.63) is 41.5 Å². The normalized spacial score (nSPS) is 36.4. The number of allylic oxidation sites excluding steroid dienone is 2. The van der Waals surface area contributed by atoms with E-state index in [0.717, 1.165) is 57.1 Å². The van der Waals surface area contributed by atoms with Gasteiger partial charge in [-0.15, -0.1) is 0 Å². The number of rotatable bonds is 4. The van der Waals surface area contributed by atoms with Crippen molar-refractivity contribution >= 4 is 17.4 Å². The molecule has 6 nitrogen and oxygen atoms in total. The molecule has 3 saturated carbocycles. The molecular formula is C27H34N2O4. The van der Waals surface area contributed by atoms with Gasteiger partial charge in [-0.25, -0.2) is 5.43 Å². The molecule has 6 heteroatoms. The number of ketones is 1. The van der Waals surface area contributed by atoms with Crippen LogP contribution in [0.4, 0.5) is 0 Å². The van der Waals surface area contributed by atoms with Gasteiger partial charge in [0.1, 0.15) is 12.4 Å². The van der Waals surface area contributed by atoms with Crippen LogP contribution in [0.2, 0.25) is 0 Å². The van der Waals surface area contributed by atoms with Crippen molar-refractivity contribution in [3.8, 4) is 5.75 Å². The minimum absolute atomic E-state index is 0.0307. The molecule has 0 radical (unpaired) electrons. The standard InChI is InChI=1S/C27H34N2O4/c1-27-13-12-19-18-9-7-17(28-29-26(33)21-4-2-3-5-24(21)31)14-16(18)6-8-20(19)22(27)10-11-23(27)25(32)15-30/h2-5,14,18-20,22-23,30-31H,6-13,15H2,1H3,(H,29,33)/b28-17-/t18-,19+,20+,22-,23?,27-/m0/s1. The summed E-state index contributed by atoms with van der Waals surface area (Å²) >= 11 is 0. The molecule has 176 valence electrons. The van der Waals surface area contributed by atoms with Gasteiger partial charge in [-0.3, -0.25) is 9.59 Å². The summed E-state index contributed by atoms with van der Waals surface area (Å²) in [5.74, 6) is 2.13. The topological polar surface area (TPSA) is 99.0 Å². The van der Waals surface area contributed by atoms with Crippen molar-refractivity contribution in [2.45, 2.75) is 58.3 Å². The molecule has 33 heavy (non-hydrogen) atoms. The van der Waals surface area contributed by atoms with Gasteiger partial charge in [0.25, 0.3) is 5.91 Å². The number of amides is 1. The van der Waals surface area contributed by atoms with Crippen LogP contribution in [0.3, 0.4) is 0 Å². The molecule has 1 amide bonds. The maximum absolute atomic E-state index is 12.4. The van der Waals surface area contributed by atoms with Crippen molar-refractivity contribution in [2.75, 3.05) is 6.61 Å². The Labute approximate surface area is 195 Å². The van der Waals surface area contributed by atoms with Gasteiger partial charge in [-0.2, -0.15) is 5.10 Å². The zero-order chi connectivity index (χ0) is 23.2. The van der Waals surface area contributed by atoms with Crippen molar-refractivity contribution in [1.82, 2.24) is 5.43 Å². The van der Waals surface area contributed by atoms with E-state index in [4.69, 9.17) is 0 Å². The maximum Gasteiger partial charge on any atom is 0.275 e. The minimum atomic E-state index is -0.399. The zero-order valence-corrected chi connectivity index (χ0v) is 19.3. The van der Waals surface area contributed by atoms with Crippen LogP contribution >= 0.6 is 0 Å². The molecule has 1 unspecified atom stereocenters. The maximum atomic E-state index is 12.4. The largest absolute Gasteiger partial charge is 0.507 e. The third-order valence-electron chi connectivity index (χ3n) is 9.31. The summed E-state index contributed by atoms with van der Waals surface area (Å²) in [6, 6.07) is 6.48. The van der Waals surface area contributed by atoms with E-state index >= 15 is 0 Å². The quantitative estimate of drug-likeness (QED) is 0.598. The van der Waals surface area contributed by atoms with Crippen molar-refractivity contribution in [3.63, 3.8) is 0 Å². The van der Waals surface area contributed by atoms with E-state index in [1.54, 1.807) is 18.2 Å². The van der Waals surface area contributed by atoms with Crippen molar-refractivity contribution in [2.24, 2.45) is 40.1 Å². The molecule has 0 aromatic heterocycles. The molecule has 1 aromatic carbocycles. The molecule has 4 aliphatic rings. The van der Waals surface area contributed by atoms with Crippen molar-refractivity contribution in [1.29, 1.82) is 0 Å². The summed E-state index contributed by atoms with van der Waals surface area (Å²) in [4.78, 5) is 24.8. The van der Waals surface area contributed by atoms with Gasteiger partial charge in [0, 0.05) is 5.92 Å². The number of hydrazone groups is 1. The van der Waals surface area contributed by atoms with Gasteiger partial charge in [-0.1, -0.05) is 24.6 Å². The van der Waals surface area contributed by atoms with E-state index in [9.17, 15) is 19.8 Å². The van der Waals surface area contributed by atoms with E-state index in [-0.39, 0.29) is 35.0 Å². The Balaban J connectivity index is 1.28. The average molecular weight is 451 g/mol.